The molecule has 1 unspecified atom stereocenters. The molecule has 1 aromatic rings. The molecule has 1 atom stereocenters. The van der Waals surface area contributed by atoms with E-state index in [1.807, 2.05) is 31.2 Å². The molecule has 0 spiro atoms. The lowest BCUT2D eigenvalue weighted by Crippen LogP contribution is -2.17. The Hall–Kier alpha value is -1.03. The highest BCUT2D eigenvalue weighted by Gasteiger charge is 2.29. The lowest BCUT2D eigenvalue weighted by molar-refractivity contribution is 0.229. The minimum Gasteiger partial charge on any atom is -0.489 e. The molecule has 2 rings (SSSR count). The first-order valence-corrected chi connectivity index (χ1v) is 6.81. The van der Waals surface area contributed by atoms with Crippen LogP contribution in [0.4, 0.5) is 0 Å². The maximum absolute atomic E-state index is 11.2. The Balaban J connectivity index is 2.05. The zero-order chi connectivity index (χ0) is 10.9. The van der Waals surface area contributed by atoms with Crippen LogP contribution in [0.3, 0.4) is 0 Å². The van der Waals surface area contributed by atoms with Gasteiger partial charge in [-0.3, -0.25) is 0 Å². The highest BCUT2D eigenvalue weighted by molar-refractivity contribution is 7.91. The molecule has 1 aromatic carbocycles. The standard InChI is InChI=1S/C11H14O3S/c1-9-3-2-4-10(7-9)14-11-5-6-15(12,13)8-11/h2-4,7,11H,5-6,8H2,1H3. The van der Waals surface area contributed by atoms with E-state index in [-0.39, 0.29) is 17.6 Å². The molecule has 0 aromatic heterocycles. The maximum atomic E-state index is 11.2. The quantitative estimate of drug-likeness (QED) is 0.768. The fourth-order valence-electron chi connectivity index (χ4n) is 1.73. The van der Waals surface area contributed by atoms with Gasteiger partial charge in [-0.2, -0.15) is 0 Å². The van der Waals surface area contributed by atoms with E-state index in [2.05, 4.69) is 0 Å². The van der Waals surface area contributed by atoms with Gasteiger partial charge < -0.3 is 4.74 Å². The Morgan fingerprint density at radius 3 is 2.80 bits per heavy atom. The van der Waals surface area contributed by atoms with Gasteiger partial charge in [-0.25, -0.2) is 8.42 Å². The summed E-state index contributed by atoms with van der Waals surface area (Å²) in [6.45, 7) is 1.98. The molecule has 1 saturated heterocycles. The third kappa shape index (κ3) is 2.72. The minimum atomic E-state index is -2.85. The summed E-state index contributed by atoms with van der Waals surface area (Å²) in [5, 5.41) is 0. The second-order valence-electron chi connectivity index (χ2n) is 3.96. The molecule has 0 bridgehead atoms. The second-order valence-corrected chi connectivity index (χ2v) is 6.19. The smallest absolute Gasteiger partial charge is 0.154 e. The number of rotatable bonds is 2. The van der Waals surface area contributed by atoms with Crippen molar-refractivity contribution < 1.29 is 13.2 Å². The Kier molecular flexibility index (Phi) is 2.69. The third-order valence-electron chi connectivity index (χ3n) is 2.48. The second kappa shape index (κ2) is 3.85. The summed E-state index contributed by atoms with van der Waals surface area (Å²) in [5.41, 5.74) is 1.12. The molecule has 0 radical (unpaired) electrons. The van der Waals surface area contributed by atoms with Gasteiger partial charge >= 0.3 is 0 Å². The van der Waals surface area contributed by atoms with Crippen LogP contribution in [0.15, 0.2) is 24.3 Å². The normalized spacial score (nSPS) is 23.9. The monoisotopic (exact) mass is 226 g/mol. The van der Waals surface area contributed by atoms with E-state index in [4.69, 9.17) is 4.74 Å². The Morgan fingerprint density at radius 2 is 2.20 bits per heavy atom. The summed E-state index contributed by atoms with van der Waals surface area (Å²) in [7, 11) is -2.85. The molecule has 0 amide bonds. The zero-order valence-corrected chi connectivity index (χ0v) is 9.46. The Labute approximate surface area is 90.0 Å². The van der Waals surface area contributed by atoms with Gasteiger partial charge in [-0.15, -0.1) is 0 Å². The van der Waals surface area contributed by atoms with Crippen molar-refractivity contribution in [3.05, 3.63) is 29.8 Å². The van der Waals surface area contributed by atoms with Crippen molar-refractivity contribution >= 4 is 9.84 Å². The minimum absolute atomic E-state index is 0.154. The number of sulfone groups is 1. The van der Waals surface area contributed by atoms with E-state index in [0.717, 1.165) is 11.3 Å². The van der Waals surface area contributed by atoms with Crippen LogP contribution >= 0.6 is 0 Å². The van der Waals surface area contributed by atoms with Crippen LogP contribution in [0, 0.1) is 6.92 Å². The molecule has 0 aliphatic carbocycles. The van der Waals surface area contributed by atoms with Gasteiger partial charge in [0.15, 0.2) is 9.84 Å². The summed E-state index contributed by atoms with van der Waals surface area (Å²) in [6, 6.07) is 7.68. The molecule has 0 saturated carbocycles. The summed E-state index contributed by atoms with van der Waals surface area (Å²) in [5.74, 6) is 1.17. The van der Waals surface area contributed by atoms with Gasteiger partial charge in [-0.1, -0.05) is 12.1 Å². The van der Waals surface area contributed by atoms with Crippen LogP contribution in [0.25, 0.3) is 0 Å². The van der Waals surface area contributed by atoms with Crippen LogP contribution in [-0.2, 0) is 9.84 Å². The van der Waals surface area contributed by atoms with Crippen molar-refractivity contribution in [3.63, 3.8) is 0 Å². The molecular weight excluding hydrogens is 212 g/mol. The van der Waals surface area contributed by atoms with Gasteiger partial charge in [-0.05, 0) is 31.0 Å². The lowest BCUT2D eigenvalue weighted by Gasteiger charge is -2.11. The predicted octanol–water partition coefficient (Wildman–Crippen LogP) is 1.56. The van der Waals surface area contributed by atoms with E-state index in [1.165, 1.54) is 0 Å². The number of hydrogen-bond donors (Lipinski definition) is 0. The fraction of sp³-hybridized carbons (Fsp3) is 0.455. The van der Waals surface area contributed by atoms with Crippen molar-refractivity contribution in [1.82, 2.24) is 0 Å². The fourth-order valence-corrected chi connectivity index (χ4v) is 3.32. The average Bonchev–Trinajstić information content (AvgIpc) is 2.45. The van der Waals surface area contributed by atoms with Gasteiger partial charge in [0.2, 0.25) is 0 Å². The molecule has 1 aliphatic heterocycles. The van der Waals surface area contributed by atoms with Gasteiger partial charge in [0, 0.05) is 0 Å². The van der Waals surface area contributed by atoms with Gasteiger partial charge in [0.1, 0.15) is 11.9 Å². The first-order valence-electron chi connectivity index (χ1n) is 4.99. The highest BCUT2D eigenvalue weighted by atomic mass is 32.2. The summed E-state index contributed by atoms with van der Waals surface area (Å²) in [4.78, 5) is 0. The van der Waals surface area contributed by atoms with E-state index in [0.29, 0.717) is 6.42 Å². The molecule has 1 aliphatic rings. The molecule has 3 nitrogen and oxygen atoms in total. The predicted molar refractivity (Wildman–Crippen MR) is 58.9 cm³/mol. The number of aryl methyl sites for hydroxylation is 1. The lowest BCUT2D eigenvalue weighted by atomic mass is 10.2. The van der Waals surface area contributed by atoms with Crippen molar-refractivity contribution in [2.24, 2.45) is 0 Å². The van der Waals surface area contributed by atoms with E-state index < -0.39 is 9.84 Å². The van der Waals surface area contributed by atoms with E-state index in [1.54, 1.807) is 0 Å². The zero-order valence-electron chi connectivity index (χ0n) is 8.64. The van der Waals surface area contributed by atoms with Crippen molar-refractivity contribution in [2.45, 2.75) is 19.4 Å². The van der Waals surface area contributed by atoms with Crippen LogP contribution in [0.5, 0.6) is 5.75 Å². The largest absolute Gasteiger partial charge is 0.489 e. The molecule has 82 valence electrons. The Morgan fingerprint density at radius 1 is 1.40 bits per heavy atom. The highest BCUT2D eigenvalue weighted by Crippen LogP contribution is 2.20. The third-order valence-corrected chi connectivity index (χ3v) is 4.22. The van der Waals surface area contributed by atoms with Crippen molar-refractivity contribution in [3.8, 4) is 5.75 Å². The Bertz CT molecular complexity index is 451. The summed E-state index contributed by atoms with van der Waals surface area (Å²) >= 11 is 0. The SMILES string of the molecule is Cc1cccc(OC2CCS(=O)(=O)C2)c1. The number of benzene rings is 1. The van der Waals surface area contributed by atoms with Crippen LogP contribution in [0.2, 0.25) is 0 Å². The summed E-state index contributed by atoms with van der Waals surface area (Å²) < 4.78 is 28.0. The van der Waals surface area contributed by atoms with Crippen molar-refractivity contribution in [2.75, 3.05) is 11.5 Å². The number of hydrogen-bond acceptors (Lipinski definition) is 3. The molecule has 0 N–H and O–H groups in total. The maximum Gasteiger partial charge on any atom is 0.154 e. The van der Waals surface area contributed by atoms with Gasteiger partial charge in [0.05, 0.1) is 11.5 Å². The average molecular weight is 226 g/mol. The van der Waals surface area contributed by atoms with Crippen molar-refractivity contribution in [1.29, 1.82) is 0 Å². The molecule has 4 heteroatoms. The first-order chi connectivity index (χ1) is 7.05. The first kappa shape index (κ1) is 10.5. The summed E-state index contributed by atoms with van der Waals surface area (Å²) in [6.07, 6.45) is 0.438. The molecular formula is C11H14O3S. The van der Waals surface area contributed by atoms with Crippen LogP contribution in [0.1, 0.15) is 12.0 Å². The topological polar surface area (TPSA) is 43.4 Å². The number of ether oxygens (including phenoxy) is 1. The van der Waals surface area contributed by atoms with Crippen LogP contribution < -0.4 is 4.74 Å². The van der Waals surface area contributed by atoms with Gasteiger partial charge in [0.25, 0.3) is 0 Å². The van der Waals surface area contributed by atoms with Crippen LogP contribution in [-0.4, -0.2) is 26.0 Å². The molecule has 1 fully saturated rings. The molecule has 15 heavy (non-hydrogen) atoms. The van der Waals surface area contributed by atoms with E-state index >= 15 is 0 Å². The van der Waals surface area contributed by atoms with E-state index in [9.17, 15) is 8.42 Å². The molecule has 1 heterocycles.